The van der Waals surface area contributed by atoms with E-state index in [-0.39, 0.29) is 0 Å². The Morgan fingerprint density at radius 3 is 2.82 bits per heavy atom. The number of pyridine rings is 2. The first kappa shape index (κ1) is 21.2. The van der Waals surface area contributed by atoms with Gasteiger partial charge in [-0.05, 0) is 43.0 Å². The molecule has 2 fully saturated rings. The van der Waals surface area contributed by atoms with Crippen molar-refractivity contribution in [3.63, 3.8) is 0 Å². The van der Waals surface area contributed by atoms with E-state index in [2.05, 4.69) is 65.8 Å². The summed E-state index contributed by atoms with van der Waals surface area (Å²) < 4.78 is 3.95. The SMILES string of the molecule is c1cc2nc(Cn3cc(-c4cncc(N5CCNCC5)c4)nn3)cn2cc1CNCC1CCC1. The number of piperazine rings is 1. The molecule has 2 N–H and O–H groups in total. The number of fused-ring (bicyclic) bond motifs is 1. The standard InChI is InChI=1S/C25H31N9/c1-2-19(3-1)11-27-12-20-4-5-25-29-22(16-33(25)15-20)17-34-18-24(30-31-34)21-10-23(14-28-13-21)32-8-6-26-7-9-32/h4-5,10,13-16,18-19,26-27H,1-3,6-9,11-12,17H2. The lowest BCUT2D eigenvalue weighted by molar-refractivity contribution is 0.301. The summed E-state index contributed by atoms with van der Waals surface area (Å²) >= 11 is 0. The van der Waals surface area contributed by atoms with Crippen molar-refractivity contribution >= 4 is 11.3 Å². The van der Waals surface area contributed by atoms with Gasteiger partial charge in [0.2, 0.25) is 0 Å². The number of aromatic nitrogens is 6. The molecule has 0 atom stereocenters. The van der Waals surface area contributed by atoms with E-state index >= 15 is 0 Å². The molecule has 6 rings (SSSR count). The lowest BCUT2D eigenvalue weighted by Crippen LogP contribution is -2.43. The average Bonchev–Trinajstić information content (AvgIpc) is 3.48. The van der Waals surface area contributed by atoms with E-state index < -0.39 is 0 Å². The summed E-state index contributed by atoms with van der Waals surface area (Å²) in [4.78, 5) is 11.6. The first-order valence-electron chi connectivity index (χ1n) is 12.3. The molecule has 0 radical (unpaired) electrons. The minimum atomic E-state index is 0.578. The molecule has 1 aliphatic heterocycles. The third-order valence-corrected chi connectivity index (χ3v) is 6.91. The molecule has 1 saturated carbocycles. The van der Waals surface area contributed by atoms with E-state index in [4.69, 9.17) is 4.98 Å². The first-order valence-corrected chi connectivity index (χ1v) is 12.3. The third-order valence-electron chi connectivity index (χ3n) is 6.91. The Balaban J connectivity index is 1.12. The van der Waals surface area contributed by atoms with Crippen LogP contribution in [0.25, 0.3) is 16.9 Å². The second-order valence-electron chi connectivity index (χ2n) is 9.43. The Kier molecular flexibility index (Phi) is 5.95. The Bertz CT molecular complexity index is 1250. The summed E-state index contributed by atoms with van der Waals surface area (Å²) in [5, 5.41) is 15.7. The molecule has 9 nitrogen and oxygen atoms in total. The largest absolute Gasteiger partial charge is 0.368 e. The molecule has 0 amide bonds. The van der Waals surface area contributed by atoms with Crippen LogP contribution in [-0.4, -0.2) is 62.1 Å². The van der Waals surface area contributed by atoms with Crippen LogP contribution in [0.5, 0.6) is 0 Å². The van der Waals surface area contributed by atoms with Gasteiger partial charge in [0.05, 0.1) is 30.3 Å². The van der Waals surface area contributed by atoms with Crippen LogP contribution < -0.4 is 15.5 Å². The Morgan fingerprint density at radius 1 is 1.06 bits per heavy atom. The highest BCUT2D eigenvalue weighted by Crippen LogP contribution is 2.25. The molecule has 5 heterocycles. The van der Waals surface area contributed by atoms with Crippen molar-refractivity contribution in [2.24, 2.45) is 5.92 Å². The van der Waals surface area contributed by atoms with Gasteiger partial charge in [0.1, 0.15) is 11.3 Å². The molecule has 0 aromatic carbocycles. The number of hydrogen-bond acceptors (Lipinski definition) is 7. The molecule has 4 aromatic rings. The van der Waals surface area contributed by atoms with Crippen molar-refractivity contribution in [1.82, 2.24) is 40.0 Å². The number of hydrogen-bond donors (Lipinski definition) is 2. The number of nitrogens with zero attached hydrogens (tertiary/aromatic N) is 7. The summed E-state index contributed by atoms with van der Waals surface area (Å²) in [5.74, 6) is 0.872. The van der Waals surface area contributed by atoms with Crippen LogP contribution in [0.2, 0.25) is 0 Å². The highest BCUT2D eigenvalue weighted by Gasteiger charge is 2.16. The molecule has 9 heteroatoms. The van der Waals surface area contributed by atoms with E-state index in [1.54, 1.807) is 0 Å². The van der Waals surface area contributed by atoms with Crippen LogP contribution in [-0.2, 0) is 13.1 Å². The smallest absolute Gasteiger partial charge is 0.137 e. The van der Waals surface area contributed by atoms with Gasteiger partial charge in [-0.3, -0.25) is 4.98 Å². The van der Waals surface area contributed by atoms with Crippen LogP contribution in [0.3, 0.4) is 0 Å². The zero-order valence-corrected chi connectivity index (χ0v) is 19.4. The first-order chi connectivity index (χ1) is 16.8. The lowest BCUT2D eigenvalue weighted by Gasteiger charge is -2.29. The van der Waals surface area contributed by atoms with Gasteiger partial charge >= 0.3 is 0 Å². The number of rotatable bonds is 8. The van der Waals surface area contributed by atoms with Crippen LogP contribution >= 0.6 is 0 Å². The summed E-state index contributed by atoms with van der Waals surface area (Å²) in [6.45, 7) is 6.57. The van der Waals surface area contributed by atoms with Crippen LogP contribution in [0.4, 0.5) is 5.69 Å². The maximum atomic E-state index is 4.77. The minimum Gasteiger partial charge on any atom is -0.368 e. The average molecular weight is 458 g/mol. The van der Waals surface area contributed by atoms with E-state index in [0.29, 0.717) is 6.54 Å². The van der Waals surface area contributed by atoms with Gasteiger partial charge in [-0.25, -0.2) is 9.67 Å². The van der Waals surface area contributed by atoms with Gasteiger partial charge in [0.25, 0.3) is 0 Å². The fourth-order valence-electron chi connectivity index (χ4n) is 4.73. The second kappa shape index (κ2) is 9.52. The Labute approximate surface area is 199 Å². The molecule has 0 spiro atoms. The van der Waals surface area contributed by atoms with Gasteiger partial charge in [-0.2, -0.15) is 0 Å². The van der Waals surface area contributed by atoms with Gasteiger partial charge in [-0.15, -0.1) is 5.10 Å². The summed E-state index contributed by atoms with van der Waals surface area (Å²) in [6, 6.07) is 6.40. The Morgan fingerprint density at radius 2 is 1.97 bits per heavy atom. The van der Waals surface area contributed by atoms with E-state index in [0.717, 1.165) is 73.5 Å². The van der Waals surface area contributed by atoms with Crippen molar-refractivity contribution in [2.75, 3.05) is 37.6 Å². The van der Waals surface area contributed by atoms with Gasteiger partial charge in [0, 0.05) is 56.9 Å². The van der Waals surface area contributed by atoms with Gasteiger partial charge < -0.3 is 19.9 Å². The normalized spacial score (nSPS) is 16.8. The molecule has 1 aliphatic carbocycles. The van der Waals surface area contributed by atoms with Crippen molar-refractivity contribution in [3.05, 3.63) is 60.4 Å². The summed E-state index contributed by atoms with van der Waals surface area (Å²) in [7, 11) is 0. The Hall–Kier alpha value is -3.30. The minimum absolute atomic E-state index is 0.578. The van der Waals surface area contributed by atoms with E-state index in [1.165, 1.54) is 24.8 Å². The van der Waals surface area contributed by atoms with Crippen LogP contribution in [0.1, 0.15) is 30.5 Å². The monoisotopic (exact) mass is 457 g/mol. The highest BCUT2D eigenvalue weighted by atomic mass is 15.4. The number of imidazole rings is 1. The molecule has 2 aliphatic rings. The third kappa shape index (κ3) is 4.67. The lowest BCUT2D eigenvalue weighted by atomic mass is 9.85. The van der Waals surface area contributed by atoms with Crippen molar-refractivity contribution in [2.45, 2.75) is 32.4 Å². The fourth-order valence-corrected chi connectivity index (χ4v) is 4.73. The topological polar surface area (TPSA) is 88.2 Å². The van der Waals surface area contributed by atoms with E-state index in [1.807, 2.05) is 23.3 Å². The van der Waals surface area contributed by atoms with E-state index in [9.17, 15) is 0 Å². The second-order valence-corrected chi connectivity index (χ2v) is 9.43. The predicted molar refractivity (Wildman–Crippen MR) is 132 cm³/mol. The molecule has 0 unspecified atom stereocenters. The maximum absolute atomic E-state index is 4.77. The maximum Gasteiger partial charge on any atom is 0.137 e. The van der Waals surface area contributed by atoms with Crippen molar-refractivity contribution < 1.29 is 0 Å². The molecular formula is C25H31N9. The number of nitrogens with one attached hydrogen (secondary N) is 2. The number of anilines is 1. The molecule has 1 saturated heterocycles. The van der Waals surface area contributed by atoms with Gasteiger partial charge in [0.15, 0.2) is 0 Å². The van der Waals surface area contributed by atoms with Crippen molar-refractivity contribution in [3.8, 4) is 11.3 Å². The quantitative estimate of drug-likeness (QED) is 0.420. The molecule has 176 valence electrons. The van der Waals surface area contributed by atoms with Crippen LogP contribution in [0.15, 0.2) is 49.2 Å². The summed E-state index contributed by atoms with van der Waals surface area (Å²) in [6.07, 6.45) is 14.1. The molecule has 0 bridgehead atoms. The highest BCUT2D eigenvalue weighted by molar-refractivity contribution is 5.63. The molecular weight excluding hydrogens is 426 g/mol. The van der Waals surface area contributed by atoms with Gasteiger partial charge in [-0.1, -0.05) is 17.7 Å². The fraction of sp³-hybridized carbons (Fsp3) is 0.440. The van der Waals surface area contributed by atoms with Crippen LogP contribution in [0, 0.1) is 5.92 Å². The summed E-state index contributed by atoms with van der Waals surface area (Å²) in [5.41, 5.74) is 6.13. The molecule has 4 aromatic heterocycles. The zero-order valence-electron chi connectivity index (χ0n) is 19.4. The zero-order chi connectivity index (χ0) is 22.7. The van der Waals surface area contributed by atoms with Crippen molar-refractivity contribution in [1.29, 1.82) is 0 Å². The molecule has 34 heavy (non-hydrogen) atoms. The predicted octanol–water partition coefficient (Wildman–Crippen LogP) is 2.34.